The van der Waals surface area contributed by atoms with E-state index in [1.54, 1.807) is 9.58 Å². The smallest absolute Gasteiger partial charge is 0.274 e. The first kappa shape index (κ1) is 19.2. The lowest BCUT2D eigenvalue weighted by atomic mass is 10.1. The predicted octanol–water partition coefficient (Wildman–Crippen LogP) is 2.81. The van der Waals surface area contributed by atoms with Crippen molar-refractivity contribution >= 4 is 22.7 Å². The number of nitrogens with one attached hydrogen (secondary N) is 1. The van der Waals surface area contributed by atoms with Crippen LogP contribution in [0.4, 0.5) is 0 Å². The highest BCUT2D eigenvalue weighted by molar-refractivity contribution is 5.99. The van der Waals surface area contributed by atoms with Gasteiger partial charge in [0.15, 0.2) is 5.69 Å². The molecule has 2 amide bonds. The summed E-state index contributed by atoms with van der Waals surface area (Å²) in [6.07, 6.45) is 0.758. The van der Waals surface area contributed by atoms with E-state index in [9.17, 15) is 9.59 Å². The summed E-state index contributed by atoms with van der Waals surface area (Å²) in [7, 11) is 1.83. The number of aromatic nitrogens is 3. The Morgan fingerprint density at radius 2 is 1.66 bits per heavy atom. The lowest BCUT2D eigenvalue weighted by Crippen LogP contribution is -2.37. The highest BCUT2D eigenvalue weighted by atomic mass is 16.2. The number of amides is 2. The van der Waals surface area contributed by atoms with Crippen LogP contribution in [0.3, 0.4) is 0 Å². The van der Waals surface area contributed by atoms with Gasteiger partial charge >= 0.3 is 0 Å². The van der Waals surface area contributed by atoms with Crippen molar-refractivity contribution in [3.05, 3.63) is 52.5 Å². The Kier molecular flexibility index (Phi) is 4.90. The van der Waals surface area contributed by atoms with Gasteiger partial charge in [-0.1, -0.05) is 0 Å². The third-order valence-electron chi connectivity index (χ3n) is 5.96. The normalized spacial score (nSPS) is 15.0. The molecule has 1 aliphatic heterocycles. The van der Waals surface area contributed by atoms with Gasteiger partial charge in [-0.2, -0.15) is 5.10 Å². The molecule has 0 aliphatic carbocycles. The quantitative estimate of drug-likeness (QED) is 0.728. The van der Waals surface area contributed by atoms with E-state index in [-0.39, 0.29) is 11.8 Å². The van der Waals surface area contributed by atoms with Gasteiger partial charge in [-0.25, -0.2) is 0 Å². The molecule has 3 aromatic rings. The molecule has 29 heavy (non-hydrogen) atoms. The van der Waals surface area contributed by atoms with Crippen LogP contribution in [0.5, 0.6) is 0 Å². The standard InChI is InChI=1S/C22H27N5O2/c1-14-12-20(24-25(14)4)22(29)27-9-5-8-26(10-11-27)21(28)17-6-7-19-18(13-17)15(2)16(3)23-19/h6-7,12-13,23H,5,8-11H2,1-4H3. The fraction of sp³-hybridized carbons (Fsp3) is 0.409. The van der Waals surface area contributed by atoms with E-state index in [0.29, 0.717) is 37.4 Å². The Morgan fingerprint density at radius 1 is 0.966 bits per heavy atom. The minimum Gasteiger partial charge on any atom is -0.358 e. The minimum absolute atomic E-state index is 0.0214. The van der Waals surface area contributed by atoms with E-state index < -0.39 is 0 Å². The number of H-pyrrole nitrogens is 1. The maximum atomic E-state index is 13.1. The molecule has 1 saturated heterocycles. The van der Waals surface area contributed by atoms with Crippen LogP contribution in [0, 0.1) is 20.8 Å². The second kappa shape index (κ2) is 7.39. The molecule has 0 bridgehead atoms. The molecule has 0 radical (unpaired) electrons. The lowest BCUT2D eigenvalue weighted by Gasteiger charge is -2.22. The average Bonchev–Trinajstić information content (AvgIpc) is 3.07. The number of carbonyl (C=O) groups excluding carboxylic acids is 2. The van der Waals surface area contributed by atoms with Crippen molar-refractivity contribution in [2.24, 2.45) is 7.05 Å². The number of hydrogen-bond donors (Lipinski definition) is 1. The van der Waals surface area contributed by atoms with Crippen LogP contribution in [-0.4, -0.2) is 62.6 Å². The summed E-state index contributed by atoms with van der Waals surface area (Å²) in [6.45, 7) is 8.36. The topological polar surface area (TPSA) is 74.2 Å². The van der Waals surface area contributed by atoms with Crippen molar-refractivity contribution in [1.29, 1.82) is 0 Å². The first-order valence-corrected chi connectivity index (χ1v) is 10.0. The Balaban J connectivity index is 1.48. The zero-order valence-electron chi connectivity index (χ0n) is 17.5. The molecule has 1 aromatic carbocycles. The Morgan fingerprint density at radius 3 is 2.31 bits per heavy atom. The highest BCUT2D eigenvalue weighted by Crippen LogP contribution is 2.23. The van der Waals surface area contributed by atoms with Crippen LogP contribution < -0.4 is 0 Å². The number of fused-ring (bicyclic) bond motifs is 1. The second-order valence-corrected chi connectivity index (χ2v) is 7.87. The summed E-state index contributed by atoms with van der Waals surface area (Å²) in [6, 6.07) is 7.64. The van der Waals surface area contributed by atoms with E-state index in [1.165, 1.54) is 5.56 Å². The van der Waals surface area contributed by atoms with Gasteiger partial charge in [0.05, 0.1) is 0 Å². The summed E-state index contributed by atoms with van der Waals surface area (Å²) >= 11 is 0. The molecule has 0 atom stereocenters. The summed E-state index contributed by atoms with van der Waals surface area (Å²) in [5.74, 6) is -0.0454. The van der Waals surface area contributed by atoms with Crippen LogP contribution in [0.1, 0.15) is 44.2 Å². The molecule has 7 nitrogen and oxygen atoms in total. The van der Waals surface area contributed by atoms with Crippen LogP contribution in [-0.2, 0) is 7.05 Å². The van der Waals surface area contributed by atoms with Gasteiger partial charge < -0.3 is 14.8 Å². The highest BCUT2D eigenvalue weighted by Gasteiger charge is 2.25. The number of carbonyl (C=O) groups is 2. The van der Waals surface area contributed by atoms with Gasteiger partial charge in [-0.05, 0) is 57.0 Å². The minimum atomic E-state index is -0.0668. The average molecular weight is 393 g/mol. The van der Waals surface area contributed by atoms with Gasteiger partial charge in [0.1, 0.15) is 0 Å². The summed E-state index contributed by atoms with van der Waals surface area (Å²) in [5.41, 5.74) is 5.46. The summed E-state index contributed by atoms with van der Waals surface area (Å²) in [5, 5.41) is 5.39. The van der Waals surface area contributed by atoms with Gasteiger partial charge in [-0.3, -0.25) is 14.3 Å². The molecule has 0 spiro atoms. The Bertz CT molecular complexity index is 1070. The van der Waals surface area contributed by atoms with Crippen LogP contribution >= 0.6 is 0 Å². The van der Waals surface area contributed by atoms with Gasteiger partial charge in [-0.15, -0.1) is 0 Å². The monoisotopic (exact) mass is 393 g/mol. The Labute approximate surface area is 170 Å². The molecule has 7 heteroatoms. The molecule has 1 aliphatic rings. The zero-order valence-corrected chi connectivity index (χ0v) is 17.5. The maximum absolute atomic E-state index is 13.1. The van der Waals surface area contributed by atoms with Gasteiger partial charge in [0, 0.05) is 61.1 Å². The molecule has 1 fully saturated rings. The van der Waals surface area contributed by atoms with E-state index in [0.717, 1.165) is 28.7 Å². The van der Waals surface area contributed by atoms with Crippen molar-refractivity contribution in [3.63, 3.8) is 0 Å². The fourth-order valence-corrected chi connectivity index (χ4v) is 3.93. The third-order valence-corrected chi connectivity index (χ3v) is 5.96. The van der Waals surface area contributed by atoms with Gasteiger partial charge in [0.25, 0.3) is 11.8 Å². The number of rotatable bonds is 2. The molecule has 4 rings (SSSR count). The van der Waals surface area contributed by atoms with Crippen molar-refractivity contribution < 1.29 is 9.59 Å². The number of aromatic amines is 1. The molecule has 3 heterocycles. The molecule has 0 unspecified atom stereocenters. The van der Waals surface area contributed by atoms with Crippen LogP contribution in [0.25, 0.3) is 10.9 Å². The molecular weight excluding hydrogens is 366 g/mol. The van der Waals surface area contributed by atoms with Crippen molar-refractivity contribution in [1.82, 2.24) is 24.6 Å². The zero-order chi connectivity index (χ0) is 20.7. The van der Waals surface area contributed by atoms with Crippen molar-refractivity contribution in [3.8, 4) is 0 Å². The Hall–Kier alpha value is -3.09. The maximum Gasteiger partial charge on any atom is 0.274 e. The first-order chi connectivity index (χ1) is 13.8. The number of aryl methyl sites for hydroxylation is 4. The molecule has 152 valence electrons. The summed E-state index contributed by atoms with van der Waals surface area (Å²) in [4.78, 5) is 32.9. The van der Waals surface area contributed by atoms with E-state index in [4.69, 9.17) is 0 Å². The largest absolute Gasteiger partial charge is 0.358 e. The third kappa shape index (κ3) is 3.52. The second-order valence-electron chi connectivity index (χ2n) is 7.87. The molecule has 2 aromatic heterocycles. The number of benzene rings is 1. The number of hydrogen-bond acceptors (Lipinski definition) is 3. The van der Waals surface area contributed by atoms with Crippen LogP contribution in [0.2, 0.25) is 0 Å². The van der Waals surface area contributed by atoms with E-state index in [1.807, 2.05) is 50.1 Å². The fourth-order valence-electron chi connectivity index (χ4n) is 3.93. The van der Waals surface area contributed by atoms with E-state index >= 15 is 0 Å². The lowest BCUT2D eigenvalue weighted by molar-refractivity contribution is 0.0715. The summed E-state index contributed by atoms with van der Waals surface area (Å²) < 4.78 is 1.71. The van der Waals surface area contributed by atoms with E-state index in [2.05, 4.69) is 17.0 Å². The van der Waals surface area contributed by atoms with Crippen molar-refractivity contribution in [2.75, 3.05) is 26.2 Å². The predicted molar refractivity (Wildman–Crippen MR) is 112 cm³/mol. The first-order valence-electron chi connectivity index (χ1n) is 10.0. The van der Waals surface area contributed by atoms with Gasteiger partial charge in [0.2, 0.25) is 0 Å². The molecule has 1 N–H and O–H groups in total. The molecular formula is C22H27N5O2. The molecule has 0 saturated carbocycles. The van der Waals surface area contributed by atoms with Crippen molar-refractivity contribution in [2.45, 2.75) is 27.2 Å². The van der Waals surface area contributed by atoms with Crippen LogP contribution in [0.15, 0.2) is 24.3 Å². The number of nitrogens with zero attached hydrogens (tertiary/aromatic N) is 4. The SMILES string of the molecule is Cc1[nH]c2ccc(C(=O)N3CCCN(C(=O)c4cc(C)n(C)n4)CC3)cc2c1C.